The van der Waals surface area contributed by atoms with Gasteiger partial charge in [0.25, 0.3) is 0 Å². The van der Waals surface area contributed by atoms with Gasteiger partial charge in [-0.05, 0) is 121 Å². The smallest absolute Gasteiger partial charge is 0.326 e. The number of hydrogen-bond donors (Lipinski definition) is 27. The van der Waals surface area contributed by atoms with E-state index in [0.717, 1.165) is 0 Å². The highest BCUT2D eigenvalue weighted by Gasteiger charge is 2.36. The number of guanidine groups is 9. The normalized spacial score (nSPS) is 13.0. The number of carbonyl (C=O) groups excluding carboxylic acids is 9. The minimum atomic E-state index is -1.60. The van der Waals surface area contributed by atoms with Crippen LogP contribution in [0.3, 0.4) is 0 Å². The van der Waals surface area contributed by atoms with Crippen molar-refractivity contribution in [3.63, 3.8) is 0 Å². The zero-order valence-corrected chi connectivity index (χ0v) is 60.2. The van der Waals surface area contributed by atoms with Gasteiger partial charge in [0.05, 0.1) is 0 Å². The number of carboxylic acid groups (broad SMARTS) is 1. The van der Waals surface area contributed by atoms with E-state index in [0.29, 0.717) is 0 Å². The van der Waals surface area contributed by atoms with Gasteiger partial charge in [0.15, 0.2) is 53.6 Å². The lowest BCUT2D eigenvalue weighted by Crippen LogP contribution is -2.60. The Morgan fingerprint density at radius 1 is 0.271 bits per heavy atom. The van der Waals surface area contributed by atoms with Crippen molar-refractivity contribution in [3.05, 3.63) is 10.4 Å². The predicted octanol–water partition coefficient (Wildman–Crippen LogP) is -11.3. The van der Waals surface area contributed by atoms with Crippen LogP contribution in [-0.2, 0) is 47.9 Å². The van der Waals surface area contributed by atoms with Crippen LogP contribution in [0.5, 0.6) is 0 Å². The van der Waals surface area contributed by atoms with E-state index in [9.17, 15) is 53.1 Å². The highest BCUT2D eigenvalue weighted by atomic mass is 16.4. The van der Waals surface area contributed by atoms with Crippen molar-refractivity contribution in [1.29, 1.82) is 0 Å². The Morgan fingerprint density at radius 3 is 0.636 bits per heavy atom. The highest BCUT2D eigenvalue weighted by molar-refractivity contribution is 5.98. The molecule has 0 aliphatic rings. The molecule has 0 aliphatic carbocycles. The second-order valence-corrected chi connectivity index (χ2v) is 24.0. The molecule has 0 fully saturated rings. The summed E-state index contributed by atoms with van der Waals surface area (Å²) in [5, 5.41) is 34.3. The Labute approximate surface area is 618 Å². The first-order chi connectivity index (χ1) is 50.6. The standard InChI is InChI=1S/C58H114N38O11/c59-50(60)78-20-1-10-31(30-32(97)19-29-87-96-77)41(98)88-33(11-2-21-79-51(61)62)42(99)89-34(12-3-22-80-52(63)64)43(100)90-35(13-4-23-81-53(65)66)44(101)91-36(14-5-24-82-54(67)68)45(102)92-37(15-6-25-83-55(69)70)46(103)93-38(16-7-26-84-56(71)72)47(104)94-39(17-8-27-85-57(73)74)48(105)95-40(49(106)107)18-9-28-86-58(75)76/h31,33-40H,1-30H2,(H,88,98)(H,89,99)(H,90,100)(H,91,101)(H,92,102)(H,93,103)(H,94,104)(H,95,105)(H,106,107)(H4,59,60,78)(H4,61,62,79)(H4,63,64,80)(H4,65,66,81)(H4,67,68,82)(H4,69,70,83)(H4,71,72,84)(H4,73,74,85)(H4,75,76,86)/t31-,33-,34-,35-,36-,37-,38-,39-,40+/m0/s1. The van der Waals surface area contributed by atoms with Gasteiger partial charge in [0.2, 0.25) is 47.3 Å². The average Bonchev–Trinajstić information content (AvgIpc) is 0.856. The Hall–Kier alpha value is -12.4. The quantitative estimate of drug-likeness (QED) is 0.00671. The average molecular weight is 1520 g/mol. The number of rotatable bonds is 58. The van der Waals surface area contributed by atoms with Crippen LogP contribution in [0.2, 0.25) is 0 Å². The lowest BCUT2D eigenvalue weighted by Gasteiger charge is -2.28. The van der Waals surface area contributed by atoms with Crippen LogP contribution >= 0.6 is 0 Å². The maximum absolute atomic E-state index is 14.9. The molecule has 602 valence electrons. The number of nitrogens with one attached hydrogen (secondary N) is 8. The van der Waals surface area contributed by atoms with Crippen molar-refractivity contribution < 1.29 is 53.1 Å². The molecule has 0 unspecified atom stereocenters. The first-order valence-electron chi connectivity index (χ1n) is 34.2. The molecular formula is C58H114N38O11. The fraction of sp³-hybridized carbons (Fsp3) is 0.672. The largest absolute Gasteiger partial charge is 0.480 e. The van der Waals surface area contributed by atoms with E-state index in [-0.39, 0.29) is 247 Å². The third-order valence-electron chi connectivity index (χ3n) is 15.0. The number of Topliss-reactive ketones (excluding diaryl/α,β-unsaturated/α-hetero) is 1. The van der Waals surface area contributed by atoms with Crippen molar-refractivity contribution in [2.24, 2.45) is 159 Å². The van der Waals surface area contributed by atoms with Gasteiger partial charge in [-0.15, -0.1) is 0 Å². The van der Waals surface area contributed by atoms with Gasteiger partial charge in [-0.1, -0.05) is 5.11 Å². The van der Waals surface area contributed by atoms with Crippen LogP contribution in [0.4, 0.5) is 0 Å². The number of nitrogens with two attached hydrogens (primary N) is 18. The van der Waals surface area contributed by atoms with Crippen LogP contribution in [0.1, 0.15) is 128 Å². The van der Waals surface area contributed by atoms with Gasteiger partial charge in [-0.3, -0.25) is 88.1 Å². The summed E-state index contributed by atoms with van der Waals surface area (Å²) >= 11 is 0. The maximum Gasteiger partial charge on any atom is 0.326 e. The summed E-state index contributed by atoms with van der Waals surface area (Å²) < 4.78 is 0. The number of azide groups is 1. The number of aliphatic imine (C=N–C) groups is 9. The van der Waals surface area contributed by atoms with E-state index >= 15 is 0 Å². The topological polar surface area (TPSA) is 916 Å². The molecule has 0 aromatic rings. The molecule has 0 aliphatic heterocycles. The summed E-state index contributed by atoms with van der Waals surface area (Å²) in [6.07, 6.45) is -1.64. The number of hydrogen-bond acceptors (Lipinski definition) is 20. The summed E-state index contributed by atoms with van der Waals surface area (Å²) in [6.45, 7) is -0.572. The van der Waals surface area contributed by atoms with E-state index < -0.39 is 113 Å². The molecule has 9 atom stereocenters. The van der Waals surface area contributed by atoms with E-state index in [1.54, 1.807) is 0 Å². The minimum absolute atomic E-state index is 0.00286. The summed E-state index contributed by atoms with van der Waals surface area (Å²) in [5.74, 6) is -13.1. The molecule has 49 heteroatoms. The molecule has 0 saturated heterocycles. The van der Waals surface area contributed by atoms with Crippen molar-refractivity contribution in [2.75, 3.05) is 65.4 Å². The first kappa shape index (κ1) is 94.6. The Morgan fingerprint density at radius 2 is 0.449 bits per heavy atom. The summed E-state index contributed by atoms with van der Waals surface area (Å²) in [5.41, 5.74) is 109. The summed E-state index contributed by atoms with van der Waals surface area (Å²) in [6, 6.07) is -12.3. The number of carboxylic acids is 1. The molecule has 8 amide bonds. The molecule has 0 saturated carbocycles. The van der Waals surface area contributed by atoms with E-state index in [4.69, 9.17) is 109 Å². The van der Waals surface area contributed by atoms with Crippen LogP contribution < -0.4 is 146 Å². The molecule has 0 aromatic carbocycles. The fourth-order valence-electron chi connectivity index (χ4n) is 9.83. The number of nitrogens with zero attached hydrogens (tertiary/aromatic N) is 12. The number of ketones is 1. The van der Waals surface area contributed by atoms with Crippen molar-refractivity contribution >= 4 is 113 Å². The van der Waals surface area contributed by atoms with Gasteiger partial charge >= 0.3 is 5.97 Å². The zero-order chi connectivity index (χ0) is 80.8. The molecule has 49 nitrogen and oxygen atoms in total. The van der Waals surface area contributed by atoms with E-state index in [1.165, 1.54) is 0 Å². The van der Waals surface area contributed by atoms with Gasteiger partial charge in [0, 0.05) is 89.1 Å². The number of aliphatic carboxylic acids is 1. The molecule has 107 heavy (non-hydrogen) atoms. The SMILES string of the molecule is [N-]=[N+]=NCCC(=O)C[C@H](CCCN=C(N)N)C(=O)N[C@@H](CCCN=C(N)N)C(=O)N[C@@H](CCCN=C(N)N)C(=O)N[C@@H](CCCN=C(N)N)C(=O)N[C@@H](CCCN=C(N)N)C(=O)N[C@@H](CCCN=C(N)N)C(=O)N[C@@H](CCCN=C(N)N)C(=O)N[C@@H](CCCN=C(N)N)C(=O)N[C@H](CCCN=C(N)N)C(=O)O. The van der Waals surface area contributed by atoms with Crippen molar-refractivity contribution in [2.45, 2.75) is 177 Å². The highest BCUT2D eigenvalue weighted by Crippen LogP contribution is 2.17. The monoisotopic (exact) mass is 1520 g/mol. The van der Waals surface area contributed by atoms with Crippen molar-refractivity contribution in [3.8, 4) is 0 Å². The number of carbonyl (C=O) groups is 10. The maximum atomic E-state index is 14.9. The minimum Gasteiger partial charge on any atom is -0.480 e. The van der Waals surface area contributed by atoms with Crippen LogP contribution in [-0.4, -0.2) is 232 Å². The third kappa shape index (κ3) is 48.3. The summed E-state index contributed by atoms with van der Waals surface area (Å²) in [7, 11) is 0. The molecular weight excluding hydrogens is 1400 g/mol. The second-order valence-electron chi connectivity index (χ2n) is 24.0. The molecule has 0 spiro atoms. The lowest BCUT2D eigenvalue weighted by atomic mass is 9.94. The second kappa shape index (κ2) is 55.2. The Balaban J connectivity index is 7.95. The predicted molar refractivity (Wildman–Crippen MR) is 404 cm³/mol. The van der Waals surface area contributed by atoms with Crippen molar-refractivity contribution in [1.82, 2.24) is 42.5 Å². The Kier molecular flexibility index (Phi) is 48.8. The van der Waals surface area contributed by atoms with Crippen LogP contribution in [0.25, 0.3) is 10.4 Å². The fourth-order valence-corrected chi connectivity index (χ4v) is 9.83. The van der Waals surface area contributed by atoms with Crippen LogP contribution in [0.15, 0.2) is 50.0 Å². The molecule has 0 radical (unpaired) electrons. The third-order valence-corrected chi connectivity index (χ3v) is 15.0. The van der Waals surface area contributed by atoms with Gasteiger partial charge in [-0.25, -0.2) is 4.79 Å². The van der Waals surface area contributed by atoms with E-state index in [1.807, 2.05) is 0 Å². The molecule has 0 rings (SSSR count). The Bertz CT molecular complexity index is 3150. The molecule has 0 bridgehead atoms. The van der Waals surface area contributed by atoms with Gasteiger partial charge in [0.1, 0.15) is 54.1 Å². The lowest BCUT2D eigenvalue weighted by molar-refractivity contribution is -0.142. The molecule has 0 heterocycles. The number of amides is 8. The molecule has 45 N–H and O–H groups in total. The van der Waals surface area contributed by atoms with E-state index in [2.05, 4.69) is 97.5 Å². The van der Waals surface area contributed by atoms with Gasteiger partial charge < -0.3 is 151 Å². The zero-order valence-electron chi connectivity index (χ0n) is 60.2. The molecule has 0 aromatic heterocycles. The van der Waals surface area contributed by atoms with Gasteiger partial charge in [-0.2, -0.15) is 0 Å². The first-order valence-corrected chi connectivity index (χ1v) is 34.2. The van der Waals surface area contributed by atoms with Crippen LogP contribution in [0, 0.1) is 5.92 Å². The summed E-state index contributed by atoms with van der Waals surface area (Å²) in [4.78, 5) is 180.